The predicted octanol–water partition coefficient (Wildman–Crippen LogP) is 3.78. The number of rotatable bonds is 6. The van der Waals surface area contributed by atoms with Crippen molar-refractivity contribution in [2.75, 3.05) is 19.7 Å². The van der Waals surface area contributed by atoms with Crippen LogP contribution >= 0.6 is 11.3 Å². The van der Waals surface area contributed by atoms with E-state index in [0.29, 0.717) is 12.4 Å². The average molecular weight is 372 g/mol. The number of nitrogens with zero attached hydrogens (tertiary/aromatic N) is 4. The normalized spacial score (nSPS) is 16.4. The van der Waals surface area contributed by atoms with Crippen LogP contribution in [0.2, 0.25) is 0 Å². The smallest absolute Gasteiger partial charge is 0.230 e. The summed E-state index contributed by atoms with van der Waals surface area (Å²) >= 11 is 1.51. The molecule has 1 aliphatic heterocycles. The summed E-state index contributed by atoms with van der Waals surface area (Å²) < 4.78 is 7.57. The second kappa shape index (κ2) is 7.25. The Morgan fingerprint density at radius 3 is 2.77 bits per heavy atom. The van der Waals surface area contributed by atoms with Crippen LogP contribution in [0.5, 0.6) is 11.6 Å². The molecule has 2 aromatic heterocycles. The number of fused-ring (bicyclic) bond motifs is 1. The summed E-state index contributed by atoms with van der Waals surface area (Å²) in [6.07, 6.45) is 3.31. The van der Waals surface area contributed by atoms with E-state index >= 15 is 0 Å². The molecule has 1 N–H and O–H groups in total. The summed E-state index contributed by atoms with van der Waals surface area (Å²) in [5.74, 6) is 1.75. The van der Waals surface area contributed by atoms with E-state index < -0.39 is 0 Å². The Morgan fingerprint density at radius 2 is 2.04 bits per heavy atom. The molecule has 3 aromatic rings. The maximum atomic E-state index is 10.9. The zero-order valence-electron chi connectivity index (χ0n) is 15.2. The zero-order chi connectivity index (χ0) is 18.1. The topological polar surface area (TPSA) is 62.9 Å². The molecule has 0 spiro atoms. The minimum atomic E-state index is -0.0423. The van der Waals surface area contributed by atoms with Gasteiger partial charge in [-0.1, -0.05) is 36.5 Å². The first-order valence-electron chi connectivity index (χ1n) is 9.20. The van der Waals surface area contributed by atoms with Gasteiger partial charge in [-0.15, -0.1) is 5.10 Å². The van der Waals surface area contributed by atoms with Crippen molar-refractivity contribution in [3.05, 3.63) is 40.5 Å². The Balaban J connectivity index is 1.82. The molecule has 0 bridgehead atoms. The molecule has 1 saturated heterocycles. The summed E-state index contributed by atoms with van der Waals surface area (Å²) in [7, 11) is 0. The van der Waals surface area contributed by atoms with E-state index in [4.69, 9.17) is 4.74 Å². The monoisotopic (exact) mass is 372 g/mol. The van der Waals surface area contributed by atoms with Gasteiger partial charge in [0.25, 0.3) is 0 Å². The van der Waals surface area contributed by atoms with Crippen LogP contribution in [-0.2, 0) is 0 Å². The standard InChI is InChI=1S/C19H24N4O2S/c1-3-12-25-15-9-5-4-8-14(15)16(22-10-6-7-11-22)17-18(24)23-19(26-17)20-13(2)21-23/h4-5,8-9,16,24H,3,6-7,10-12H2,1-2H3. The lowest BCUT2D eigenvalue weighted by Crippen LogP contribution is -2.26. The predicted molar refractivity (Wildman–Crippen MR) is 102 cm³/mol. The molecule has 0 amide bonds. The number of hydrogen-bond acceptors (Lipinski definition) is 6. The van der Waals surface area contributed by atoms with Gasteiger partial charge >= 0.3 is 0 Å². The van der Waals surface area contributed by atoms with E-state index in [0.717, 1.165) is 40.7 Å². The van der Waals surface area contributed by atoms with Crippen LogP contribution in [0.25, 0.3) is 4.96 Å². The lowest BCUT2D eigenvalue weighted by atomic mass is 10.0. The van der Waals surface area contributed by atoms with Gasteiger partial charge in [-0.3, -0.25) is 4.90 Å². The molecule has 1 aromatic carbocycles. The third-order valence-electron chi connectivity index (χ3n) is 4.74. The molecule has 0 saturated carbocycles. The summed E-state index contributed by atoms with van der Waals surface area (Å²) in [6.45, 7) is 6.65. The molecule has 6 nitrogen and oxygen atoms in total. The van der Waals surface area contributed by atoms with Gasteiger partial charge in [0.1, 0.15) is 11.6 Å². The quantitative estimate of drug-likeness (QED) is 0.713. The zero-order valence-corrected chi connectivity index (χ0v) is 16.0. The average Bonchev–Trinajstić information content (AvgIpc) is 3.35. The summed E-state index contributed by atoms with van der Waals surface area (Å²) in [4.78, 5) is 8.46. The number of ether oxygens (including phenoxy) is 1. The Bertz CT molecular complexity index is 898. The van der Waals surface area contributed by atoms with Crippen molar-refractivity contribution in [1.82, 2.24) is 19.5 Å². The Labute approximate surface area is 157 Å². The molecular weight excluding hydrogens is 348 g/mol. The highest BCUT2D eigenvalue weighted by atomic mass is 32.1. The third-order valence-corrected chi connectivity index (χ3v) is 5.81. The van der Waals surface area contributed by atoms with E-state index in [1.807, 2.05) is 25.1 Å². The maximum absolute atomic E-state index is 10.9. The molecule has 3 heterocycles. The number of aromatic nitrogens is 3. The first kappa shape index (κ1) is 17.3. The van der Waals surface area contributed by atoms with Gasteiger partial charge in [0, 0.05) is 5.56 Å². The number of aryl methyl sites for hydroxylation is 1. The molecule has 1 aliphatic rings. The van der Waals surface area contributed by atoms with E-state index in [-0.39, 0.29) is 11.9 Å². The lowest BCUT2D eigenvalue weighted by Gasteiger charge is -2.28. The minimum absolute atomic E-state index is 0.0423. The Hall–Kier alpha value is -2.12. The molecule has 1 atom stereocenters. The maximum Gasteiger partial charge on any atom is 0.230 e. The van der Waals surface area contributed by atoms with Gasteiger partial charge in [0.15, 0.2) is 0 Å². The fourth-order valence-electron chi connectivity index (χ4n) is 3.58. The molecule has 0 radical (unpaired) electrons. The third kappa shape index (κ3) is 3.05. The van der Waals surface area contributed by atoms with Crippen LogP contribution in [0, 0.1) is 6.92 Å². The first-order valence-corrected chi connectivity index (χ1v) is 10.0. The van der Waals surface area contributed by atoms with Crippen LogP contribution in [0.4, 0.5) is 0 Å². The summed E-state index contributed by atoms with van der Waals surface area (Å²) in [6, 6.07) is 8.12. The van der Waals surface area contributed by atoms with Crippen LogP contribution in [0.1, 0.15) is 48.5 Å². The highest BCUT2D eigenvalue weighted by Gasteiger charge is 2.32. The molecule has 1 unspecified atom stereocenters. The number of aromatic hydroxyl groups is 1. The van der Waals surface area contributed by atoms with Crippen molar-refractivity contribution in [2.45, 2.75) is 39.2 Å². The Kier molecular flexibility index (Phi) is 4.82. The Morgan fingerprint density at radius 1 is 1.27 bits per heavy atom. The first-order chi connectivity index (χ1) is 12.7. The van der Waals surface area contributed by atoms with E-state index in [2.05, 4.69) is 28.0 Å². The van der Waals surface area contributed by atoms with Crippen LogP contribution < -0.4 is 4.74 Å². The van der Waals surface area contributed by atoms with Crippen molar-refractivity contribution in [2.24, 2.45) is 0 Å². The fourth-order valence-corrected chi connectivity index (χ4v) is 4.73. The molecule has 138 valence electrons. The highest BCUT2D eigenvalue weighted by Crippen LogP contribution is 2.43. The van der Waals surface area contributed by atoms with E-state index in [1.54, 1.807) is 4.52 Å². The van der Waals surface area contributed by atoms with Gasteiger partial charge in [0.2, 0.25) is 10.8 Å². The molecule has 7 heteroatoms. The van der Waals surface area contributed by atoms with Crippen molar-refractivity contribution < 1.29 is 9.84 Å². The minimum Gasteiger partial charge on any atom is -0.493 e. The molecule has 0 aliphatic carbocycles. The van der Waals surface area contributed by atoms with Gasteiger partial charge in [-0.25, -0.2) is 4.98 Å². The van der Waals surface area contributed by atoms with Crippen molar-refractivity contribution in [3.8, 4) is 11.6 Å². The molecule has 4 rings (SSSR count). The SMILES string of the molecule is CCCOc1ccccc1C(c1sc2nc(C)nn2c1O)N1CCCC1. The van der Waals surface area contributed by atoms with Gasteiger partial charge < -0.3 is 9.84 Å². The van der Waals surface area contributed by atoms with Crippen molar-refractivity contribution >= 4 is 16.3 Å². The van der Waals surface area contributed by atoms with Gasteiger partial charge in [0.05, 0.1) is 17.5 Å². The number of hydrogen-bond donors (Lipinski definition) is 1. The number of likely N-dealkylation sites (tertiary alicyclic amines) is 1. The number of para-hydroxylation sites is 1. The highest BCUT2D eigenvalue weighted by molar-refractivity contribution is 7.17. The fraction of sp³-hybridized carbons (Fsp3) is 0.474. The summed E-state index contributed by atoms with van der Waals surface area (Å²) in [5.41, 5.74) is 1.10. The largest absolute Gasteiger partial charge is 0.493 e. The van der Waals surface area contributed by atoms with E-state index in [1.165, 1.54) is 24.2 Å². The van der Waals surface area contributed by atoms with E-state index in [9.17, 15) is 5.11 Å². The van der Waals surface area contributed by atoms with Crippen LogP contribution in [0.3, 0.4) is 0 Å². The molecule has 1 fully saturated rings. The second-order valence-electron chi connectivity index (χ2n) is 6.68. The second-order valence-corrected chi connectivity index (χ2v) is 7.68. The molecule has 26 heavy (non-hydrogen) atoms. The van der Waals surface area contributed by atoms with Crippen LogP contribution in [-0.4, -0.2) is 44.3 Å². The van der Waals surface area contributed by atoms with Crippen LogP contribution in [0.15, 0.2) is 24.3 Å². The lowest BCUT2D eigenvalue weighted by molar-refractivity contribution is 0.261. The molecular formula is C19H24N4O2S. The van der Waals surface area contributed by atoms with Crippen molar-refractivity contribution in [3.63, 3.8) is 0 Å². The number of benzene rings is 1. The summed E-state index contributed by atoms with van der Waals surface area (Å²) in [5, 5.41) is 15.2. The van der Waals surface area contributed by atoms with Gasteiger partial charge in [-0.05, 0) is 45.3 Å². The van der Waals surface area contributed by atoms with Crippen molar-refractivity contribution in [1.29, 1.82) is 0 Å². The number of thiazole rings is 1. The van der Waals surface area contributed by atoms with Gasteiger partial charge in [-0.2, -0.15) is 4.52 Å².